The van der Waals surface area contributed by atoms with Crippen molar-refractivity contribution in [3.63, 3.8) is 0 Å². The van der Waals surface area contributed by atoms with Gasteiger partial charge in [0.15, 0.2) is 5.76 Å². The molecule has 1 fully saturated rings. The lowest BCUT2D eigenvalue weighted by Gasteiger charge is -2.34. The van der Waals surface area contributed by atoms with Gasteiger partial charge in [-0.15, -0.1) is 0 Å². The van der Waals surface area contributed by atoms with Crippen LogP contribution >= 0.6 is 0 Å². The first kappa shape index (κ1) is 15.2. The normalized spacial score (nSPS) is 20.4. The molecule has 0 aromatic carbocycles. The van der Waals surface area contributed by atoms with Crippen LogP contribution < -0.4 is 0 Å². The van der Waals surface area contributed by atoms with Gasteiger partial charge in [-0.05, 0) is 32.8 Å². The largest absolute Gasteiger partial charge is 0.360 e. The lowest BCUT2D eigenvalue weighted by Crippen LogP contribution is -2.39. The predicted octanol–water partition coefficient (Wildman–Crippen LogP) is 1.94. The molecule has 120 valence electrons. The van der Waals surface area contributed by atoms with E-state index in [-0.39, 0.29) is 10.9 Å². The van der Waals surface area contributed by atoms with E-state index >= 15 is 0 Å². The third-order valence-electron chi connectivity index (χ3n) is 4.19. The Morgan fingerprint density at radius 3 is 2.68 bits per heavy atom. The second kappa shape index (κ2) is 5.51. The van der Waals surface area contributed by atoms with Crippen molar-refractivity contribution >= 4 is 10.0 Å². The van der Waals surface area contributed by atoms with Gasteiger partial charge in [0.2, 0.25) is 10.0 Å². The fourth-order valence-electron chi connectivity index (χ4n) is 3.16. The van der Waals surface area contributed by atoms with E-state index in [9.17, 15) is 8.42 Å². The summed E-state index contributed by atoms with van der Waals surface area (Å²) in [5, 5.41) is 7.95. The van der Waals surface area contributed by atoms with Crippen molar-refractivity contribution in [2.75, 3.05) is 6.54 Å². The summed E-state index contributed by atoms with van der Waals surface area (Å²) in [6.07, 6.45) is 4.35. The Morgan fingerprint density at radius 1 is 1.32 bits per heavy atom. The molecule has 0 unspecified atom stereocenters. The summed E-state index contributed by atoms with van der Waals surface area (Å²) in [6.45, 7) is 3.80. The van der Waals surface area contributed by atoms with Crippen LogP contribution in [0, 0.1) is 13.8 Å². The number of piperidine rings is 1. The zero-order valence-electron chi connectivity index (χ0n) is 13.0. The Labute approximate surface area is 129 Å². The van der Waals surface area contributed by atoms with Gasteiger partial charge >= 0.3 is 0 Å². The van der Waals surface area contributed by atoms with Gasteiger partial charge in [-0.25, -0.2) is 8.42 Å². The highest BCUT2D eigenvalue weighted by Crippen LogP contribution is 2.36. The van der Waals surface area contributed by atoms with Gasteiger partial charge < -0.3 is 4.52 Å². The Balaban J connectivity index is 2.06. The van der Waals surface area contributed by atoms with Gasteiger partial charge in [0.1, 0.15) is 10.6 Å². The molecule has 0 amide bonds. The van der Waals surface area contributed by atoms with E-state index in [2.05, 4.69) is 10.3 Å². The molecule has 0 saturated carbocycles. The van der Waals surface area contributed by atoms with Gasteiger partial charge in [0.05, 0.1) is 11.7 Å². The SMILES string of the molecule is Cc1noc(C)c1S(=O)(=O)N1CCCC[C@H]1c1ccnn1C. The minimum absolute atomic E-state index is 0.194. The molecule has 1 aliphatic heterocycles. The molecule has 2 aromatic heterocycles. The molecule has 7 nitrogen and oxygen atoms in total. The Hall–Kier alpha value is -1.67. The van der Waals surface area contributed by atoms with Crippen LogP contribution in [-0.2, 0) is 17.1 Å². The maximum absolute atomic E-state index is 13.1. The monoisotopic (exact) mass is 324 g/mol. The minimum Gasteiger partial charge on any atom is -0.360 e. The van der Waals surface area contributed by atoms with Gasteiger partial charge in [-0.2, -0.15) is 9.40 Å². The standard InChI is InChI=1S/C14H20N4O3S/c1-10-14(11(2)21-16-10)22(19,20)18-9-5-4-6-13(18)12-7-8-15-17(12)3/h7-8,13H,4-6,9H2,1-3H3/t13-/m0/s1. The molecule has 0 N–H and O–H groups in total. The van der Waals surface area contributed by atoms with Crippen LogP contribution in [0.25, 0.3) is 0 Å². The summed E-state index contributed by atoms with van der Waals surface area (Å²) in [5.41, 5.74) is 1.32. The summed E-state index contributed by atoms with van der Waals surface area (Å²) in [5.74, 6) is 0.340. The summed E-state index contributed by atoms with van der Waals surface area (Å²) < 4.78 is 34.6. The molecule has 0 spiro atoms. The summed E-state index contributed by atoms with van der Waals surface area (Å²) in [6, 6.07) is 1.69. The highest BCUT2D eigenvalue weighted by atomic mass is 32.2. The average molecular weight is 324 g/mol. The van der Waals surface area contributed by atoms with Crippen LogP contribution in [0.5, 0.6) is 0 Å². The topological polar surface area (TPSA) is 81.2 Å². The number of rotatable bonds is 3. The van der Waals surface area contributed by atoms with Crippen LogP contribution in [0.4, 0.5) is 0 Å². The number of hydrogen-bond donors (Lipinski definition) is 0. The maximum atomic E-state index is 13.1. The summed E-state index contributed by atoms with van der Waals surface area (Å²) >= 11 is 0. The third kappa shape index (κ3) is 2.36. The van der Waals surface area contributed by atoms with E-state index in [4.69, 9.17) is 4.52 Å². The van der Waals surface area contributed by atoms with Gasteiger partial charge in [0, 0.05) is 19.8 Å². The van der Waals surface area contributed by atoms with E-state index in [0.717, 1.165) is 25.0 Å². The Kier molecular flexibility index (Phi) is 3.82. The second-order valence-electron chi connectivity index (χ2n) is 5.66. The molecule has 1 atom stereocenters. The van der Waals surface area contributed by atoms with Crippen molar-refractivity contribution in [2.24, 2.45) is 7.05 Å². The summed E-state index contributed by atoms with van der Waals surface area (Å²) in [4.78, 5) is 0.196. The first-order valence-corrected chi connectivity index (χ1v) is 8.79. The molecule has 0 aliphatic carbocycles. The molecule has 0 bridgehead atoms. The fraction of sp³-hybridized carbons (Fsp3) is 0.571. The van der Waals surface area contributed by atoms with Crippen molar-refractivity contribution < 1.29 is 12.9 Å². The highest BCUT2D eigenvalue weighted by molar-refractivity contribution is 7.89. The highest BCUT2D eigenvalue weighted by Gasteiger charge is 2.38. The molecule has 3 rings (SSSR count). The number of nitrogens with zero attached hydrogens (tertiary/aromatic N) is 4. The fourth-order valence-corrected chi connectivity index (χ4v) is 5.12. The van der Waals surface area contributed by atoms with Crippen molar-refractivity contribution in [2.45, 2.75) is 44.0 Å². The molecule has 1 saturated heterocycles. The van der Waals surface area contributed by atoms with Gasteiger partial charge in [-0.3, -0.25) is 4.68 Å². The predicted molar refractivity (Wildman–Crippen MR) is 79.7 cm³/mol. The van der Waals surface area contributed by atoms with E-state index < -0.39 is 10.0 Å². The zero-order valence-corrected chi connectivity index (χ0v) is 13.8. The third-order valence-corrected chi connectivity index (χ3v) is 6.34. The van der Waals surface area contributed by atoms with Crippen molar-refractivity contribution in [1.82, 2.24) is 19.2 Å². The van der Waals surface area contributed by atoms with E-state index in [1.807, 2.05) is 13.1 Å². The second-order valence-corrected chi connectivity index (χ2v) is 7.49. The lowest BCUT2D eigenvalue weighted by atomic mass is 10.0. The number of aromatic nitrogens is 3. The lowest BCUT2D eigenvalue weighted by molar-refractivity contribution is 0.245. The van der Waals surface area contributed by atoms with Crippen LogP contribution in [0.3, 0.4) is 0 Å². The molecule has 22 heavy (non-hydrogen) atoms. The van der Waals surface area contributed by atoms with Gasteiger partial charge in [0.25, 0.3) is 0 Å². The molecule has 2 aromatic rings. The summed E-state index contributed by atoms with van der Waals surface area (Å²) in [7, 11) is -1.80. The first-order valence-electron chi connectivity index (χ1n) is 7.35. The quantitative estimate of drug-likeness (QED) is 0.862. The van der Waals surface area contributed by atoms with E-state index in [1.54, 1.807) is 29.0 Å². The average Bonchev–Trinajstić information content (AvgIpc) is 3.05. The Morgan fingerprint density at radius 2 is 2.09 bits per heavy atom. The number of hydrogen-bond acceptors (Lipinski definition) is 5. The molecular weight excluding hydrogens is 304 g/mol. The van der Waals surface area contributed by atoms with Crippen molar-refractivity contribution in [3.05, 3.63) is 29.4 Å². The number of aryl methyl sites for hydroxylation is 3. The Bertz CT molecular complexity index is 758. The molecule has 8 heteroatoms. The molecule has 3 heterocycles. The number of sulfonamides is 1. The van der Waals surface area contributed by atoms with Crippen molar-refractivity contribution in [1.29, 1.82) is 0 Å². The minimum atomic E-state index is -3.64. The molecular formula is C14H20N4O3S. The maximum Gasteiger partial charge on any atom is 0.249 e. The smallest absolute Gasteiger partial charge is 0.249 e. The van der Waals surface area contributed by atoms with Crippen LogP contribution in [0.1, 0.15) is 42.5 Å². The van der Waals surface area contributed by atoms with Crippen molar-refractivity contribution in [3.8, 4) is 0 Å². The van der Waals surface area contributed by atoms with Crippen LogP contribution in [0.15, 0.2) is 21.7 Å². The van der Waals surface area contributed by atoms with Crippen LogP contribution in [-0.4, -0.2) is 34.2 Å². The zero-order chi connectivity index (χ0) is 15.9. The van der Waals surface area contributed by atoms with E-state index in [1.165, 1.54) is 0 Å². The van der Waals surface area contributed by atoms with Gasteiger partial charge in [-0.1, -0.05) is 11.6 Å². The molecule has 1 aliphatic rings. The van der Waals surface area contributed by atoms with Crippen LogP contribution in [0.2, 0.25) is 0 Å². The molecule has 0 radical (unpaired) electrons. The van der Waals surface area contributed by atoms with E-state index in [0.29, 0.717) is 18.0 Å². The first-order chi connectivity index (χ1) is 10.4.